The van der Waals surface area contributed by atoms with Gasteiger partial charge >= 0.3 is 5.63 Å². The van der Waals surface area contributed by atoms with Crippen LogP contribution in [0.25, 0.3) is 11.0 Å². The lowest BCUT2D eigenvalue weighted by atomic mass is 10.0. The molecule has 0 saturated carbocycles. The van der Waals surface area contributed by atoms with E-state index < -0.39 is 0 Å². The Bertz CT molecular complexity index is 957. The maximum Gasteiger partial charge on any atom is 0.339 e. The minimum absolute atomic E-state index is 0.0235. The molecule has 1 amide bonds. The second-order valence-corrected chi connectivity index (χ2v) is 7.28. The van der Waals surface area contributed by atoms with Crippen molar-refractivity contribution in [1.29, 1.82) is 0 Å². The summed E-state index contributed by atoms with van der Waals surface area (Å²) >= 11 is 1.62. The van der Waals surface area contributed by atoms with Crippen molar-refractivity contribution in [2.75, 3.05) is 0 Å². The first kappa shape index (κ1) is 17.4. The van der Waals surface area contributed by atoms with E-state index in [4.69, 9.17) is 4.42 Å². The van der Waals surface area contributed by atoms with Crippen LogP contribution in [0.15, 0.2) is 44.9 Å². The van der Waals surface area contributed by atoms with Crippen molar-refractivity contribution in [3.05, 3.63) is 67.7 Å². The fourth-order valence-electron chi connectivity index (χ4n) is 2.95. The highest BCUT2D eigenvalue weighted by atomic mass is 32.1. The molecule has 25 heavy (non-hydrogen) atoms. The highest BCUT2D eigenvalue weighted by Crippen LogP contribution is 2.22. The molecule has 0 spiro atoms. The molecule has 0 aliphatic carbocycles. The van der Waals surface area contributed by atoms with Gasteiger partial charge in [0.15, 0.2) is 0 Å². The average Bonchev–Trinajstić information content (AvgIpc) is 3.08. The Morgan fingerprint density at radius 1 is 1.28 bits per heavy atom. The third kappa shape index (κ3) is 3.82. The molecule has 0 saturated heterocycles. The first-order chi connectivity index (χ1) is 12.0. The molecule has 2 aromatic heterocycles. The molecule has 0 bridgehead atoms. The van der Waals surface area contributed by atoms with Crippen LogP contribution in [0.2, 0.25) is 0 Å². The largest absolute Gasteiger partial charge is 0.423 e. The maximum absolute atomic E-state index is 12.3. The lowest BCUT2D eigenvalue weighted by Gasteiger charge is -2.12. The minimum Gasteiger partial charge on any atom is -0.423 e. The number of hydrogen-bond donors (Lipinski definition) is 1. The molecule has 0 unspecified atom stereocenters. The summed E-state index contributed by atoms with van der Waals surface area (Å²) in [5.74, 6) is -0.0660. The fraction of sp³-hybridized carbons (Fsp3) is 0.300. The van der Waals surface area contributed by atoms with E-state index in [1.807, 2.05) is 56.5 Å². The van der Waals surface area contributed by atoms with E-state index >= 15 is 0 Å². The van der Waals surface area contributed by atoms with Crippen LogP contribution in [0.4, 0.5) is 0 Å². The number of aryl methyl sites for hydroxylation is 2. The average molecular weight is 355 g/mol. The number of carbonyl (C=O) groups is 1. The lowest BCUT2D eigenvalue weighted by Crippen LogP contribution is -2.27. The SMILES string of the molecule is Cc1ccc2c(C)c(CCC(=O)N[C@@H](C)c3cccs3)c(=O)oc2c1. The van der Waals surface area contributed by atoms with Gasteiger partial charge in [0.2, 0.25) is 5.91 Å². The highest BCUT2D eigenvalue weighted by Gasteiger charge is 2.15. The topological polar surface area (TPSA) is 59.3 Å². The smallest absolute Gasteiger partial charge is 0.339 e. The number of amides is 1. The molecular formula is C20H21NO3S. The van der Waals surface area contributed by atoms with Crippen LogP contribution < -0.4 is 10.9 Å². The van der Waals surface area contributed by atoms with E-state index in [0.29, 0.717) is 17.6 Å². The number of rotatable bonds is 5. The van der Waals surface area contributed by atoms with Gasteiger partial charge in [0, 0.05) is 22.2 Å². The number of thiophene rings is 1. The van der Waals surface area contributed by atoms with Crippen molar-refractivity contribution < 1.29 is 9.21 Å². The van der Waals surface area contributed by atoms with E-state index in [2.05, 4.69) is 5.32 Å². The predicted molar refractivity (Wildman–Crippen MR) is 101 cm³/mol. The van der Waals surface area contributed by atoms with E-state index in [1.54, 1.807) is 11.3 Å². The van der Waals surface area contributed by atoms with Gasteiger partial charge in [-0.3, -0.25) is 4.79 Å². The van der Waals surface area contributed by atoms with E-state index in [9.17, 15) is 9.59 Å². The molecule has 1 aromatic carbocycles. The molecule has 5 heteroatoms. The van der Waals surface area contributed by atoms with Gasteiger partial charge in [0.25, 0.3) is 0 Å². The van der Waals surface area contributed by atoms with Crippen molar-refractivity contribution in [1.82, 2.24) is 5.32 Å². The first-order valence-corrected chi connectivity index (χ1v) is 9.19. The summed E-state index contributed by atoms with van der Waals surface area (Å²) in [6, 6.07) is 9.76. The van der Waals surface area contributed by atoms with Crippen LogP contribution in [-0.4, -0.2) is 5.91 Å². The van der Waals surface area contributed by atoms with Gasteiger partial charge in [-0.2, -0.15) is 0 Å². The first-order valence-electron chi connectivity index (χ1n) is 8.31. The Balaban J connectivity index is 1.73. The van der Waals surface area contributed by atoms with Crippen molar-refractivity contribution in [3.8, 4) is 0 Å². The third-order valence-electron chi connectivity index (χ3n) is 4.39. The Kier molecular flexibility index (Phi) is 5.04. The summed E-state index contributed by atoms with van der Waals surface area (Å²) in [5, 5.41) is 5.89. The van der Waals surface area contributed by atoms with Crippen LogP contribution in [0.5, 0.6) is 0 Å². The summed E-state index contributed by atoms with van der Waals surface area (Å²) in [7, 11) is 0. The van der Waals surface area contributed by atoms with E-state index in [-0.39, 0.29) is 24.0 Å². The summed E-state index contributed by atoms with van der Waals surface area (Å²) in [6.07, 6.45) is 0.639. The van der Waals surface area contributed by atoms with Crippen molar-refractivity contribution in [2.24, 2.45) is 0 Å². The number of hydrogen-bond acceptors (Lipinski definition) is 4. The lowest BCUT2D eigenvalue weighted by molar-refractivity contribution is -0.121. The summed E-state index contributed by atoms with van der Waals surface area (Å²) in [5.41, 5.74) is 2.77. The van der Waals surface area contributed by atoms with Crippen molar-refractivity contribution in [3.63, 3.8) is 0 Å². The number of fused-ring (bicyclic) bond motifs is 1. The molecule has 3 rings (SSSR count). The van der Waals surface area contributed by atoms with Gasteiger partial charge in [-0.05, 0) is 55.8 Å². The Morgan fingerprint density at radius 2 is 2.08 bits per heavy atom. The molecule has 0 aliphatic rings. The normalized spacial score (nSPS) is 12.3. The van der Waals surface area contributed by atoms with Gasteiger partial charge in [0.05, 0.1) is 6.04 Å². The zero-order chi connectivity index (χ0) is 18.0. The second kappa shape index (κ2) is 7.23. The minimum atomic E-state index is -0.352. The van der Waals surface area contributed by atoms with Gasteiger partial charge in [0.1, 0.15) is 5.58 Å². The number of nitrogens with one attached hydrogen (secondary N) is 1. The van der Waals surface area contributed by atoms with Gasteiger partial charge < -0.3 is 9.73 Å². The van der Waals surface area contributed by atoms with E-state index in [0.717, 1.165) is 21.4 Å². The Labute approximate surface area is 150 Å². The Morgan fingerprint density at radius 3 is 2.80 bits per heavy atom. The number of carbonyl (C=O) groups excluding carboxylic acids is 1. The molecule has 2 heterocycles. The van der Waals surface area contributed by atoms with Crippen LogP contribution in [0.1, 0.15) is 41.0 Å². The molecule has 130 valence electrons. The molecule has 0 aliphatic heterocycles. The molecule has 3 aromatic rings. The van der Waals surface area contributed by atoms with Gasteiger partial charge in [-0.15, -0.1) is 11.3 Å². The van der Waals surface area contributed by atoms with Crippen molar-refractivity contribution >= 4 is 28.2 Å². The zero-order valence-corrected chi connectivity index (χ0v) is 15.4. The molecule has 0 radical (unpaired) electrons. The molecule has 1 atom stereocenters. The molecule has 1 N–H and O–H groups in total. The molecule has 0 fully saturated rings. The molecular weight excluding hydrogens is 334 g/mol. The quantitative estimate of drug-likeness (QED) is 0.695. The van der Waals surface area contributed by atoms with E-state index in [1.165, 1.54) is 0 Å². The summed E-state index contributed by atoms with van der Waals surface area (Å²) in [6.45, 7) is 5.83. The monoisotopic (exact) mass is 355 g/mol. The standard InChI is InChI=1S/C20H21NO3S/c1-12-6-7-15-13(2)16(20(23)24-17(15)11-12)8-9-19(22)21-14(3)18-5-4-10-25-18/h4-7,10-11,14H,8-9H2,1-3H3,(H,21,22)/t14-/m0/s1. The fourth-order valence-corrected chi connectivity index (χ4v) is 3.69. The maximum atomic E-state index is 12.3. The van der Waals surface area contributed by atoms with Gasteiger partial charge in [-0.25, -0.2) is 4.79 Å². The van der Waals surface area contributed by atoms with Crippen LogP contribution in [0, 0.1) is 13.8 Å². The third-order valence-corrected chi connectivity index (χ3v) is 5.45. The Hall–Kier alpha value is -2.40. The van der Waals surface area contributed by atoms with Crippen LogP contribution in [0.3, 0.4) is 0 Å². The van der Waals surface area contributed by atoms with Crippen LogP contribution in [-0.2, 0) is 11.2 Å². The zero-order valence-electron chi connectivity index (χ0n) is 14.6. The number of benzene rings is 1. The second-order valence-electron chi connectivity index (χ2n) is 6.30. The predicted octanol–water partition coefficient (Wildman–Crippen LogP) is 4.28. The molecule has 4 nitrogen and oxygen atoms in total. The van der Waals surface area contributed by atoms with Gasteiger partial charge in [-0.1, -0.05) is 18.2 Å². The highest BCUT2D eigenvalue weighted by molar-refractivity contribution is 7.10. The van der Waals surface area contributed by atoms with Crippen LogP contribution >= 0.6 is 11.3 Å². The summed E-state index contributed by atoms with van der Waals surface area (Å²) in [4.78, 5) is 25.6. The van der Waals surface area contributed by atoms with Crippen molar-refractivity contribution in [2.45, 2.75) is 39.7 Å². The summed E-state index contributed by atoms with van der Waals surface area (Å²) < 4.78 is 5.44.